The van der Waals surface area contributed by atoms with Crippen molar-refractivity contribution < 1.29 is 4.79 Å². The molecular weight excluding hydrogens is 412 g/mol. The number of amides is 1. The fourth-order valence-electron chi connectivity index (χ4n) is 3.14. The Morgan fingerprint density at radius 3 is 2.29 bits per heavy atom. The maximum atomic E-state index is 13.3. The summed E-state index contributed by atoms with van der Waals surface area (Å²) in [6.07, 6.45) is 1.83. The number of benzene rings is 3. The minimum Gasteiger partial charge on any atom is -0.266 e. The second-order valence-electron chi connectivity index (χ2n) is 6.86. The normalized spacial score (nSPS) is 15.2. The maximum absolute atomic E-state index is 13.3. The molecule has 0 aliphatic carbocycles. The number of amidine groups is 1. The van der Waals surface area contributed by atoms with Crippen molar-refractivity contribution >= 4 is 39.4 Å². The third-order valence-electron chi connectivity index (χ3n) is 4.60. The number of aliphatic imine (C=N–C) groups is 1. The first kappa shape index (κ1) is 18.4. The lowest BCUT2D eigenvalue weighted by Gasteiger charge is -2.19. The Morgan fingerprint density at radius 2 is 1.61 bits per heavy atom. The second kappa shape index (κ2) is 7.56. The van der Waals surface area contributed by atoms with Crippen LogP contribution >= 0.6 is 15.9 Å². The number of aryl methyl sites for hydroxylation is 2. The quantitative estimate of drug-likeness (QED) is 0.476. The second-order valence-corrected chi connectivity index (χ2v) is 7.78. The fraction of sp³-hybridized carbons (Fsp3) is 0.0833. The van der Waals surface area contributed by atoms with Gasteiger partial charge in [0.2, 0.25) is 0 Å². The third-order valence-corrected chi connectivity index (χ3v) is 5.13. The molecule has 0 bridgehead atoms. The van der Waals surface area contributed by atoms with Crippen molar-refractivity contribution in [3.63, 3.8) is 0 Å². The SMILES string of the molecule is Cc1ccc(N2C(=O)/C(=C\c3ccc(Br)cc3)N=C2c2cccc(C)c2)cc1. The highest BCUT2D eigenvalue weighted by Gasteiger charge is 2.32. The van der Waals surface area contributed by atoms with E-state index in [1.807, 2.05) is 86.7 Å². The molecule has 0 spiro atoms. The van der Waals surface area contributed by atoms with E-state index < -0.39 is 0 Å². The van der Waals surface area contributed by atoms with Gasteiger partial charge in [0.1, 0.15) is 11.5 Å². The van der Waals surface area contributed by atoms with Crippen LogP contribution in [0.3, 0.4) is 0 Å². The highest BCUT2D eigenvalue weighted by atomic mass is 79.9. The van der Waals surface area contributed by atoms with Crippen molar-refractivity contribution in [3.05, 3.63) is 105 Å². The molecule has 4 rings (SSSR count). The molecule has 4 heteroatoms. The summed E-state index contributed by atoms with van der Waals surface area (Å²) in [5.74, 6) is 0.532. The summed E-state index contributed by atoms with van der Waals surface area (Å²) in [4.78, 5) is 19.7. The van der Waals surface area contributed by atoms with Crippen LogP contribution in [0.1, 0.15) is 22.3 Å². The molecule has 1 aliphatic rings. The maximum Gasteiger partial charge on any atom is 0.282 e. The van der Waals surface area contributed by atoms with Gasteiger partial charge >= 0.3 is 0 Å². The molecule has 3 nitrogen and oxygen atoms in total. The van der Waals surface area contributed by atoms with Crippen molar-refractivity contribution in [1.29, 1.82) is 0 Å². The van der Waals surface area contributed by atoms with Gasteiger partial charge in [-0.2, -0.15) is 0 Å². The minimum atomic E-state index is -0.122. The van der Waals surface area contributed by atoms with E-state index in [0.29, 0.717) is 11.5 Å². The Kier molecular flexibility index (Phi) is 4.97. The number of hydrogen-bond donors (Lipinski definition) is 0. The van der Waals surface area contributed by atoms with Crippen molar-refractivity contribution in [2.45, 2.75) is 13.8 Å². The molecule has 0 aromatic heterocycles. The van der Waals surface area contributed by atoms with E-state index >= 15 is 0 Å². The molecular formula is C24H19BrN2O. The Morgan fingerprint density at radius 1 is 0.893 bits per heavy atom. The van der Waals surface area contributed by atoms with Crippen LogP contribution in [0, 0.1) is 13.8 Å². The van der Waals surface area contributed by atoms with E-state index in [9.17, 15) is 4.79 Å². The first-order chi connectivity index (χ1) is 13.5. The summed E-state index contributed by atoms with van der Waals surface area (Å²) in [6.45, 7) is 4.07. The van der Waals surface area contributed by atoms with Gasteiger partial charge in [-0.3, -0.25) is 9.69 Å². The van der Waals surface area contributed by atoms with E-state index in [1.54, 1.807) is 4.90 Å². The number of carbonyl (C=O) groups is 1. The number of anilines is 1. The molecule has 0 fully saturated rings. The van der Waals surface area contributed by atoms with Crippen LogP contribution in [0.15, 0.2) is 88.0 Å². The van der Waals surface area contributed by atoms with Gasteiger partial charge in [-0.25, -0.2) is 4.99 Å². The zero-order valence-electron chi connectivity index (χ0n) is 15.7. The zero-order valence-corrected chi connectivity index (χ0v) is 17.3. The molecule has 0 unspecified atom stereocenters. The van der Waals surface area contributed by atoms with E-state index in [2.05, 4.69) is 22.0 Å². The van der Waals surface area contributed by atoms with Crippen molar-refractivity contribution in [1.82, 2.24) is 0 Å². The number of carbonyl (C=O) groups excluding carboxylic acids is 1. The first-order valence-corrected chi connectivity index (χ1v) is 9.85. The molecule has 0 saturated carbocycles. The van der Waals surface area contributed by atoms with E-state index in [4.69, 9.17) is 4.99 Å². The molecule has 28 heavy (non-hydrogen) atoms. The number of nitrogens with zero attached hydrogens (tertiary/aromatic N) is 2. The largest absolute Gasteiger partial charge is 0.282 e. The minimum absolute atomic E-state index is 0.122. The van der Waals surface area contributed by atoms with Crippen molar-refractivity contribution in [2.75, 3.05) is 4.90 Å². The average molecular weight is 431 g/mol. The monoisotopic (exact) mass is 430 g/mol. The molecule has 138 valence electrons. The summed E-state index contributed by atoms with van der Waals surface area (Å²) >= 11 is 3.44. The molecule has 1 amide bonds. The third kappa shape index (κ3) is 3.69. The van der Waals surface area contributed by atoms with Gasteiger partial charge in [0.25, 0.3) is 5.91 Å². The predicted octanol–water partition coefficient (Wildman–Crippen LogP) is 5.90. The Bertz CT molecular complexity index is 1100. The Balaban J connectivity index is 1.82. The molecule has 0 N–H and O–H groups in total. The lowest BCUT2D eigenvalue weighted by atomic mass is 10.1. The standard InChI is InChI=1S/C24H19BrN2O/c1-16-6-12-21(13-7-16)27-23(19-5-3-4-17(2)14-19)26-22(24(27)28)15-18-8-10-20(25)11-9-18/h3-15H,1-2H3/b22-15+. The van der Waals surface area contributed by atoms with Crippen LogP contribution in [0.5, 0.6) is 0 Å². The molecule has 0 radical (unpaired) electrons. The van der Waals surface area contributed by atoms with Crippen molar-refractivity contribution in [2.24, 2.45) is 4.99 Å². The first-order valence-electron chi connectivity index (χ1n) is 9.05. The predicted molar refractivity (Wildman–Crippen MR) is 119 cm³/mol. The number of rotatable bonds is 3. The van der Waals surface area contributed by atoms with E-state index in [-0.39, 0.29) is 5.91 Å². The molecule has 1 aliphatic heterocycles. The van der Waals surface area contributed by atoms with Gasteiger partial charge in [0, 0.05) is 10.0 Å². The highest BCUT2D eigenvalue weighted by Crippen LogP contribution is 2.28. The Hall–Kier alpha value is -2.98. The van der Waals surface area contributed by atoms with Gasteiger partial charge in [0.05, 0.1) is 5.69 Å². The van der Waals surface area contributed by atoms with Gasteiger partial charge in [0.15, 0.2) is 0 Å². The molecule has 1 heterocycles. The summed E-state index contributed by atoms with van der Waals surface area (Å²) < 4.78 is 0.998. The van der Waals surface area contributed by atoms with Crippen molar-refractivity contribution in [3.8, 4) is 0 Å². The van der Waals surface area contributed by atoms with Crippen LogP contribution in [-0.2, 0) is 4.79 Å². The topological polar surface area (TPSA) is 32.7 Å². The van der Waals surface area contributed by atoms with Crippen LogP contribution in [0.2, 0.25) is 0 Å². The van der Waals surface area contributed by atoms with E-state index in [1.165, 1.54) is 0 Å². The summed E-state index contributed by atoms with van der Waals surface area (Å²) in [7, 11) is 0. The van der Waals surface area contributed by atoms with Gasteiger partial charge in [-0.1, -0.05) is 69.5 Å². The van der Waals surface area contributed by atoms with Crippen LogP contribution in [0.25, 0.3) is 6.08 Å². The summed E-state index contributed by atoms with van der Waals surface area (Å²) in [5, 5.41) is 0. The van der Waals surface area contributed by atoms with Crippen LogP contribution in [0.4, 0.5) is 5.69 Å². The molecule has 3 aromatic carbocycles. The van der Waals surface area contributed by atoms with Gasteiger partial charge in [-0.15, -0.1) is 0 Å². The Labute approximate surface area is 173 Å². The highest BCUT2D eigenvalue weighted by molar-refractivity contribution is 9.10. The molecule has 3 aromatic rings. The number of hydrogen-bond acceptors (Lipinski definition) is 2. The number of halogens is 1. The van der Waals surface area contributed by atoms with Gasteiger partial charge < -0.3 is 0 Å². The fourth-order valence-corrected chi connectivity index (χ4v) is 3.41. The zero-order chi connectivity index (χ0) is 19.7. The average Bonchev–Trinajstić information content (AvgIpc) is 3.01. The molecule has 0 atom stereocenters. The van der Waals surface area contributed by atoms with Crippen LogP contribution < -0.4 is 4.90 Å². The van der Waals surface area contributed by atoms with Crippen LogP contribution in [-0.4, -0.2) is 11.7 Å². The summed E-state index contributed by atoms with van der Waals surface area (Å²) in [5.41, 5.74) is 5.38. The smallest absolute Gasteiger partial charge is 0.266 e. The lowest BCUT2D eigenvalue weighted by molar-refractivity contribution is -0.113. The molecule has 0 saturated heterocycles. The van der Waals surface area contributed by atoms with Gasteiger partial charge in [-0.05, 0) is 55.8 Å². The lowest BCUT2D eigenvalue weighted by Crippen LogP contribution is -2.32. The summed E-state index contributed by atoms with van der Waals surface area (Å²) in [6, 6.07) is 23.8. The van der Waals surface area contributed by atoms with E-state index in [0.717, 1.165) is 32.4 Å².